The Balaban J connectivity index is 0.000000341. The Labute approximate surface area is 205 Å². The van der Waals surface area contributed by atoms with E-state index in [1.165, 1.54) is 0 Å². The zero-order chi connectivity index (χ0) is 20.9. The second-order valence-electron chi connectivity index (χ2n) is 8.44. The molecular weight excluding hydrogens is 453 g/mol. The molecule has 2 aliphatic rings. The van der Waals surface area contributed by atoms with Gasteiger partial charge in [-0.15, -0.1) is 6.07 Å². The van der Waals surface area contributed by atoms with Gasteiger partial charge in [-0.1, -0.05) is 29.8 Å². The summed E-state index contributed by atoms with van der Waals surface area (Å²) in [5, 5.41) is 11.5. The van der Waals surface area contributed by atoms with Crippen molar-refractivity contribution in [2.24, 2.45) is 4.99 Å². The van der Waals surface area contributed by atoms with Gasteiger partial charge < -0.3 is 24.5 Å². The summed E-state index contributed by atoms with van der Waals surface area (Å²) in [5.41, 5.74) is 1.78. The van der Waals surface area contributed by atoms with Crippen LogP contribution < -0.4 is 4.74 Å². The Morgan fingerprint density at radius 3 is 2.57 bits per heavy atom. The van der Waals surface area contributed by atoms with Crippen molar-refractivity contribution in [1.29, 1.82) is 0 Å². The van der Waals surface area contributed by atoms with Gasteiger partial charge in [-0.25, -0.2) is 6.40 Å². The molecule has 0 aliphatic carbocycles. The van der Waals surface area contributed by atoms with Crippen LogP contribution in [0, 0.1) is 6.07 Å². The fourth-order valence-electron chi connectivity index (χ4n) is 3.53. The minimum atomic E-state index is -1.02. The summed E-state index contributed by atoms with van der Waals surface area (Å²) in [4.78, 5) is 6.04. The summed E-state index contributed by atoms with van der Waals surface area (Å²) >= 11 is 0. The average Bonchev–Trinajstić information content (AvgIpc) is 3.05. The molecule has 6 heteroatoms. The van der Waals surface area contributed by atoms with Crippen LogP contribution in [-0.4, -0.2) is 49.2 Å². The van der Waals surface area contributed by atoms with Crippen molar-refractivity contribution in [3.8, 4) is 5.75 Å². The summed E-state index contributed by atoms with van der Waals surface area (Å²) in [6, 6.07) is 16.7. The summed E-state index contributed by atoms with van der Waals surface area (Å²) in [6.07, 6.45) is 4.01. The summed E-state index contributed by atoms with van der Waals surface area (Å²) in [5.74, 6) is 0.752. The van der Waals surface area contributed by atoms with Gasteiger partial charge in [-0.3, -0.25) is 0 Å². The molecule has 1 unspecified atom stereocenters. The number of benzene rings is 2. The monoisotopic (exact) mass is 483 g/mol. The zero-order valence-corrected chi connectivity index (χ0v) is 21.2. The van der Waals surface area contributed by atoms with Gasteiger partial charge in [0.1, 0.15) is 6.61 Å². The number of rotatable bonds is 4. The molecule has 30 heavy (non-hydrogen) atoms. The van der Waals surface area contributed by atoms with E-state index in [2.05, 4.69) is 36.5 Å². The molecule has 4 rings (SSSR count). The Morgan fingerprint density at radius 1 is 1.17 bits per heavy atom. The molecule has 0 aromatic heterocycles. The van der Waals surface area contributed by atoms with E-state index in [1.807, 2.05) is 56.3 Å². The van der Waals surface area contributed by atoms with Crippen molar-refractivity contribution in [1.82, 2.24) is 4.90 Å². The second kappa shape index (κ2) is 10.9. The van der Waals surface area contributed by atoms with Crippen LogP contribution in [0.25, 0.3) is 0 Å². The molecule has 1 N–H and O–H groups in total. The third-order valence-corrected chi connectivity index (χ3v) is 5.10. The molecule has 1 radical (unpaired) electrons. The maximum atomic E-state index is 11.5. The fourth-order valence-corrected chi connectivity index (χ4v) is 3.53. The molecule has 2 aliphatic heterocycles. The van der Waals surface area contributed by atoms with Crippen molar-refractivity contribution < 1.29 is 47.3 Å². The van der Waals surface area contributed by atoms with Crippen LogP contribution in [0.15, 0.2) is 47.5 Å². The number of fused-ring (bicyclic) bond motifs is 2. The average molecular weight is 483 g/mol. The minimum Gasteiger partial charge on any atom is -0.673 e. The molecule has 1 atom stereocenters. The fraction of sp³-hybridized carbons (Fsp3) is 0.458. The van der Waals surface area contributed by atoms with Crippen LogP contribution in [-0.2, 0) is 49.7 Å². The van der Waals surface area contributed by atoms with Crippen LogP contribution in [0.2, 0.25) is 0 Å². The molecule has 159 valence electrons. The van der Waals surface area contributed by atoms with Crippen molar-refractivity contribution in [3.63, 3.8) is 0 Å². The number of hydrogen-bond acceptors (Lipinski definition) is 5. The molecule has 2 aromatic carbocycles. The first-order chi connectivity index (χ1) is 13.8. The molecule has 0 spiro atoms. The predicted octanol–water partition coefficient (Wildman–Crippen LogP) is 3.65. The van der Waals surface area contributed by atoms with Crippen LogP contribution in [0.1, 0.15) is 43.4 Å². The van der Waals surface area contributed by atoms with Gasteiger partial charge in [0.2, 0.25) is 0 Å². The van der Waals surface area contributed by atoms with Gasteiger partial charge in [-0.05, 0) is 58.5 Å². The van der Waals surface area contributed by atoms with Gasteiger partial charge in [0.25, 0.3) is 0 Å². The number of hydrogen-bond donors (Lipinski definition) is 1. The van der Waals surface area contributed by atoms with Crippen LogP contribution >= 0.6 is 0 Å². The van der Waals surface area contributed by atoms with Crippen LogP contribution in [0.5, 0.6) is 5.75 Å². The van der Waals surface area contributed by atoms with Gasteiger partial charge >= 0.3 is 0 Å². The first kappa shape index (κ1) is 25.0. The van der Waals surface area contributed by atoms with Crippen molar-refractivity contribution >= 4 is 6.40 Å². The van der Waals surface area contributed by atoms with Crippen molar-refractivity contribution in [3.05, 3.63) is 65.2 Å². The summed E-state index contributed by atoms with van der Waals surface area (Å²) < 4.78 is 10.7. The molecule has 5 nitrogen and oxygen atoms in total. The molecule has 0 saturated heterocycles. The second-order valence-corrected chi connectivity index (χ2v) is 8.44. The SMILES string of the molecule is CC1(C)CO[C-]=N1.CN(C)CCCC1(O)c2ccccc2COc2cc[c-]cc21.[Y]. The standard InChI is InChI=1S/C19H22NO2.C5H8NO.Y/c1-20(2)13-7-12-19(21)16-9-4-3-8-15(16)14-22-18-11-6-5-10-17(18)19;1-5(2)3-7-4-6-5;/h3-4,6,8-11,21H,7,12-14H2,1-2H3;3H2,1-2H3;/q2*-1;. The van der Waals surface area contributed by atoms with Gasteiger partial charge in [-0.2, -0.15) is 18.2 Å². The predicted molar refractivity (Wildman–Crippen MR) is 114 cm³/mol. The van der Waals surface area contributed by atoms with E-state index in [-0.39, 0.29) is 38.2 Å². The Hall–Kier alpha value is -1.27. The maximum absolute atomic E-state index is 11.5. The maximum Gasteiger partial charge on any atom is 0.110 e. The smallest absolute Gasteiger partial charge is 0.110 e. The van der Waals surface area contributed by atoms with E-state index in [1.54, 1.807) is 0 Å². The summed E-state index contributed by atoms with van der Waals surface area (Å²) in [7, 11) is 4.10. The first-order valence-corrected chi connectivity index (χ1v) is 9.99. The van der Waals surface area contributed by atoms with E-state index in [9.17, 15) is 5.11 Å². The topological polar surface area (TPSA) is 54.3 Å². The Bertz CT molecular complexity index is 804. The van der Waals surface area contributed by atoms with E-state index in [0.29, 0.717) is 19.6 Å². The van der Waals surface area contributed by atoms with E-state index >= 15 is 0 Å². The molecule has 0 bridgehead atoms. The number of aliphatic hydroxyl groups is 1. The molecular formula is C24H30N2O3Y-2. The largest absolute Gasteiger partial charge is 0.673 e. The van der Waals surface area contributed by atoms with Gasteiger partial charge in [0.05, 0.1) is 17.7 Å². The molecule has 0 amide bonds. The molecule has 2 aromatic rings. The number of aliphatic imine (C=N–C) groups is 1. The zero-order valence-electron chi connectivity index (χ0n) is 18.3. The quantitative estimate of drug-likeness (QED) is 0.675. The van der Waals surface area contributed by atoms with Gasteiger partial charge in [0.15, 0.2) is 0 Å². The van der Waals surface area contributed by atoms with Crippen molar-refractivity contribution in [2.75, 3.05) is 27.2 Å². The normalized spacial score (nSPS) is 20.5. The van der Waals surface area contributed by atoms with Gasteiger partial charge in [0, 0.05) is 38.5 Å². The Morgan fingerprint density at radius 2 is 1.93 bits per heavy atom. The van der Waals surface area contributed by atoms with Crippen LogP contribution in [0.4, 0.5) is 0 Å². The van der Waals surface area contributed by atoms with Crippen molar-refractivity contribution in [2.45, 2.75) is 44.4 Å². The number of ether oxygens (including phenoxy) is 2. The third kappa shape index (κ3) is 6.13. The number of nitrogens with zero attached hydrogens (tertiary/aromatic N) is 2. The first-order valence-electron chi connectivity index (χ1n) is 9.99. The minimum absolute atomic E-state index is 0. The molecule has 0 saturated carbocycles. The third-order valence-electron chi connectivity index (χ3n) is 5.10. The Kier molecular flexibility index (Phi) is 9.04. The van der Waals surface area contributed by atoms with Crippen LogP contribution in [0.3, 0.4) is 0 Å². The van der Waals surface area contributed by atoms with E-state index < -0.39 is 5.60 Å². The van der Waals surface area contributed by atoms with E-state index in [4.69, 9.17) is 9.47 Å². The van der Waals surface area contributed by atoms with E-state index in [0.717, 1.165) is 35.4 Å². The summed E-state index contributed by atoms with van der Waals surface area (Å²) in [6.45, 7) is 6.12. The molecule has 0 fully saturated rings. The molecule has 2 heterocycles.